The number of hydrogen-bond acceptors (Lipinski definition) is 2. The molecule has 1 fully saturated rings. The molecule has 2 rings (SSSR count). The van der Waals surface area contributed by atoms with E-state index in [1.807, 2.05) is 30.3 Å². The lowest BCUT2D eigenvalue weighted by Gasteiger charge is -2.33. The van der Waals surface area contributed by atoms with Crippen LogP contribution in [0.25, 0.3) is 0 Å². The SMILES string of the molecule is CCNC(=NCCS(=O)Cc1ccccc1)N1CCCC(C)C1.I. The lowest BCUT2D eigenvalue weighted by Crippen LogP contribution is -2.46. The molecule has 2 atom stereocenters. The monoisotopic (exact) mass is 463 g/mol. The Morgan fingerprint density at radius 1 is 1.38 bits per heavy atom. The maximum atomic E-state index is 12.2. The molecule has 1 aliphatic rings. The topological polar surface area (TPSA) is 44.7 Å². The minimum Gasteiger partial charge on any atom is -0.357 e. The van der Waals surface area contributed by atoms with Crippen LogP contribution >= 0.6 is 24.0 Å². The van der Waals surface area contributed by atoms with Crippen molar-refractivity contribution in [2.75, 3.05) is 31.9 Å². The molecule has 0 amide bonds. The summed E-state index contributed by atoms with van der Waals surface area (Å²) in [6.07, 6.45) is 2.53. The number of hydrogen-bond donors (Lipinski definition) is 1. The molecule has 1 aromatic rings. The summed E-state index contributed by atoms with van der Waals surface area (Å²) in [7, 11) is -0.857. The van der Waals surface area contributed by atoms with Gasteiger partial charge in [0.2, 0.25) is 0 Å². The number of likely N-dealkylation sites (tertiary alicyclic amines) is 1. The third-order valence-corrected chi connectivity index (χ3v) is 5.34. The number of rotatable bonds is 6. The van der Waals surface area contributed by atoms with Crippen LogP contribution in [0.3, 0.4) is 0 Å². The van der Waals surface area contributed by atoms with Crippen molar-refractivity contribution in [3.63, 3.8) is 0 Å². The standard InChI is InChI=1S/C18H29N3OS.HI/c1-3-19-18(21-12-7-8-16(2)14-21)20-11-13-23(22)15-17-9-5-4-6-10-17;/h4-6,9-10,16H,3,7-8,11-15H2,1-2H3,(H,19,20);1H. The first kappa shape index (κ1) is 21.4. The number of benzene rings is 1. The van der Waals surface area contributed by atoms with Crippen LogP contribution in [0, 0.1) is 5.92 Å². The third-order valence-electron chi connectivity index (χ3n) is 4.04. The van der Waals surface area contributed by atoms with Gasteiger partial charge in [0, 0.05) is 41.9 Å². The van der Waals surface area contributed by atoms with Gasteiger partial charge in [-0.2, -0.15) is 0 Å². The molecule has 2 unspecified atom stereocenters. The third kappa shape index (κ3) is 7.51. The van der Waals surface area contributed by atoms with E-state index in [0.717, 1.165) is 37.1 Å². The van der Waals surface area contributed by atoms with Gasteiger partial charge in [-0.1, -0.05) is 37.3 Å². The molecular weight excluding hydrogens is 433 g/mol. The summed E-state index contributed by atoms with van der Waals surface area (Å²) in [5.74, 6) is 2.94. The molecule has 0 saturated carbocycles. The second kappa shape index (κ2) is 11.8. The van der Waals surface area contributed by atoms with Gasteiger partial charge < -0.3 is 10.2 Å². The van der Waals surface area contributed by atoms with Gasteiger partial charge in [-0.05, 0) is 31.2 Å². The summed E-state index contributed by atoms with van der Waals surface area (Å²) < 4.78 is 12.2. The van der Waals surface area contributed by atoms with Crippen molar-refractivity contribution in [1.82, 2.24) is 10.2 Å². The molecule has 24 heavy (non-hydrogen) atoms. The maximum absolute atomic E-state index is 12.2. The summed E-state index contributed by atoms with van der Waals surface area (Å²) in [6.45, 7) is 8.02. The highest BCUT2D eigenvalue weighted by atomic mass is 127. The summed E-state index contributed by atoms with van der Waals surface area (Å²) in [5, 5.41) is 3.37. The predicted molar refractivity (Wildman–Crippen MR) is 115 cm³/mol. The van der Waals surface area contributed by atoms with E-state index in [4.69, 9.17) is 4.99 Å². The van der Waals surface area contributed by atoms with E-state index in [2.05, 4.69) is 24.1 Å². The molecule has 1 heterocycles. The average Bonchev–Trinajstić information content (AvgIpc) is 2.55. The van der Waals surface area contributed by atoms with Crippen molar-refractivity contribution in [2.45, 2.75) is 32.4 Å². The van der Waals surface area contributed by atoms with Crippen LogP contribution in [0.1, 0.15) is 32.3 Å². The highest BCUT2D eigenvalue weighted by Gasteiger charge is 2.19. The second-order valence-electron chi connectivity index (χ2n) is 6.20. The summed E-state index contributed by atoms with van der Waals surface area (Å²) in [6, 6.07) is 10.0. The smallest absolute Gasteiger partial charge is 0.193 e. The quantitative estimate of drug-likeness (QED) is 0.400. The lowest BCUT2D eigenvalue weighted by atomic mass is 10.0. The Balaban J connectivity index is 0.00000288. The van der Waals surface area contributed by atoms with E-state index in [1.54, 1.807) is 0 Å². The van der Waals surface area contributed by atoms with Gasteiger partial charge >= 0.3 is 0 Å². The summed E-state index contributed by atoms with van der Waals surface area (Å²) in [4.78, 5) is 7.04. The molecule has 4 nitrogen and oxygen atoms in total. The Morgan fingerprint density at radius 2 is 2.12 bits per heavy atom. The van der Waals surface area contributed by atoms with Crippen molar-refractivity contribution >= 4 is 40.7 Å². The molecule has 1 aromatic carbocycles. The largest absolute Gasteiger partial charge is 0.357 e. The van der Waals surface area contributed by atoms with Crippen LogP contribution in [-0.4, -0.2) is 47.0 Å². The van der Waals surface area contributed by atoms with Crippen molar-refractivity contribution in [2.24, 2.45) is 10.9 Å². The molecule has 1 aliphatic heterocycles. The molecule has 136 valence electrons. The fraction of sp³-hybridized carbons (Fsp3) is 0.611. The zero-order valence-corrected chi connectivity index (χ0v) is 17.9. The summed E-state index contributed by atoms with van der Waals surface area (Å²) in [5.41, 5.74) is 1.13. The Labute approximate surface area is 166 Å². The minimum atomic E-state index is -0.857. The number of halogens is 1. The van der Waals surface area contributed by atoms with E-state index in [1.165, 1.54) is 12.8 Å². The molecule has 0 bridgehead atoms. The van der Waals surface area contributed by atoms with E-state index >= 15 is 0 Å². The Morgan fingerprint density at radius 3 is 2.79 bits per heavy atom. The number of nitrogens with one attached hydrogen (secondary N) is 1. The van der Waals surface area contributed by atoms with Gasteiger partial charge in [0.25, 0.3) is 0 Å². The van der Waals surface area contributed by atoms with Gasteiger partial charge in [0.15, 0.2) is 5.96 Å². The van der Waals surface area contributed by atoms with Crippen LogP contribution < -0.4 is 5.32 Å². The van der Waals surface area contributed by atoms with Gasteiger partial charge in [0.05, 0.1) is 6.54 Å². The molecule has 0 radical (unpaired) electrons. The number of nitrogens with zero attached hydrogens (tertiary/aromatic N) is 2. The highest BCUT2D eigenvalue weighted by Crippen LogP contribution is 2.15. The Hall–Kier alpha value is -0.630. The first-order valence-corrected chi connectivity index (χ1v) is 10.1. The molecule has 0 spiro atoms. The molecule has 0 aliphatic carbocycles. The van der Waals surface area contributed by atoms with Crippen LogP contribution in [0.5, 0.6) is 0 Å². The molecular formula is C18H30IN3OS. The van der Waals surface area contributed by atoms with Gasteiger partial charge in [-0.3, -0.25) is 9.20 Å². The van der Waals surface area contributed by atoms with Crippen LogP contribution in [0.4, 0.5) is 0 Å². The lowest BCUT2D eigenvalue weighted by molar-refractivity contribution is 0.266. The zero-order valence-electron chi connectivity index (χ0n) is 14.7. The molecule has 1 N–H and O–H groups in total. The van der Waals surface area contributed by atoms with Crippen molar-refractivity contribution in [3.8, 4) is 0 Å². The van der Waals surface area contributed by atoms with Gasteiger partial charge in [-0.25, -0.2) is 0 Å². The van der Waals surface area contributed by atoms with Crippen LogP contribution in [0.2, 0.25) is 0 Å². The van der Waals surface area contributed by atoms with Gasteiger partial charge in [0.1, 0.15) is 0 Å². The Bertz CT molecular complexity index is 524. The van der Waals surface area contributed by atoms with E-state index in [9.17, 15) is 4.21 Å². The van der Waals surface area contributed by atoms with Gasteiger partial charge in [-0.15, -0.1) is 24.0 Å². The average molecular weight is 463 g/mol. The fourth-order valence-electron chi connectivity index (χ4n) is 2.89. The minimum absolute atomic E-state index is 0. The molecule has 0 aromatic heterocycles. The van der Waals surface area contributed by atoms with Crippen molar-refractivity contribution in [3.05, 3.63) is 35.9 Å². The molecule has 6 heteroatoms. The van der Waals surface area contributed by atoms with E-state index in [-0.39, 0.29) is 24.0 Å². The number of piperidine rings is 1. The zero-order chi connectivity index (χ0) is 16.5. The summed E-state index contributed by atoms with van der Waals surface area (Å²) >= 11 is 0. The Kier molecular flexibility index (Phi) is 10.6. The van der Waals surface area contributed by atoms with Crippen LogP contribution in [0.15, 0.2) is 35.3 Å². The second-order valence-corrected chi connectivity index (χ2v) is 7.78. The fourth-order valence-corrected chi connectivity index (χ4v) is 3.90. The van der Waals surface area contributed by atoms with Crippen molar-refractivity contribution in [1.29, 1.82) is 0 Å². The molecule has 1 saturated heterocycles. The number of aliphatic imine (C=N–C) groups is 1. The first-order valence-electron chi connectivity index (χ1n) is 8.61. The number of guanidine groups is 1. The normalized spacial score (nSPS) is 19.5. The maximum Gasteiger partial charge on any atom is 0.193 e. The van der Waals surface area contributed by atoms with E-state index in [0.29, 0.717) is 18.1 Å². The predicted octanol–water partition coefficient (Wildman–Crippen LogP) is 3.25. The first-order chi connectivity index (χ1) is 11.2. The van der Waals surface area contributed by atoms with E-state index < -0.39 is 10.8 Å². The van der Waals surface area contributed by atoms with Crippen molar-refractivity contribution < 1.29 is 4.21 Å². The highest BCUT2D eigenvalue weighted by molar-refractivity contribution is 14.0. The van der Waals surface area contributed by atoms with Crippen LogP contribution in [-0.2, 0) is 16.6 Å².